The molecule has 0 bridgehead atoms. The number of aliphatic carboxylic acids is 1. The van der Waals surface area contributed by atoms with Gasteiger partial charge < -0.3 is 14.6 Å². The van der Waals surface area contributed by atoms with E-state index in [1.54, 1.807) is 25.3 Å². The molecule has 3 atom stereocenters. The minimum Gasteiger partial charge on any atom is -0.481 e. The highest BCUT2D eigenvalue weighted by Crippen LogP contribution is 2.49. The van der Waals surface area contributed by atoms with Crippen molar-refractivity contribution in [1.29, 1.82) is 0 Å². The molecule has 0 spiro atoms. The number of carboxylic acid groups (broad SMARTS) is 1. The molecule has 7 nitrogen and oxygen atoms in total. The number of aromatic nitrogens is 3. The van der Waals surface area contributed by atoms with Crippen molar-refractivity contribution in [2.45, 2.75) is 51.6 Å². The van der Waals surface area contributed by atoms with Gasteiger partial charge in [-0.1, -0.05) is 30.7 Å². The van der Waals surface area contributed by atoms with E-state index < -0.39 is 23.8 Å². The van der Waals surface area contributed by atoms with Crippen molar-refractivity contribution in [3.8, 4) is 22.9 Å². The number of carboxylic acids is 1. The number of hydrogen-bond donors (Lipinski definition) is 1. The van der Waals surface area contributed by atoms with Crippen molar-refractivity contribution in [3.63, 3.8) is 0 Å². The van der Waals surface area contributed by atoms with Crippen LogP contribution in [-0.4, -0.2) is 33.1 Å². The van der Waals surface area contributed by atoms with E-state index in [0.29, 0.717) is 52.0 Å². The Labute approximate surface area is 213 Å². The van der Waals surface area contributed by atoms with Crippen LogP contribution in [0.4, 0.5) is 4.39 Å². The van der Waals surface area contributed by atoms with E-state index >= 15 is 4.39 Å². The lowest BCUT2D eigenvalue weighted by Crippen LogP contribution is -2.23. The van der Waals surface area contributed by atoms with Crippen LogP contribution in [0.25, 0.3) is 11.3 Å². The summed E-state index contributed by atoms with van der Waals surface area (Å²) in [6, 6.07) is 5.32. The molecule has 5 rings (SSSR count). The maximum atomic E-state index is 15.8. The van der Waals surface area contributed by atoms with Gasteiger partial charge in [0, 0.05) is 17.5 Å². The van der Waals surface area contributed by atoms with Crippen LogP contribution in [0.3, 0.4) is 0 Å². The Hall–Kier alpha value is -3.26. The average molecular weight is 512 g/mol. The number of methoxy groups -OCH3 is 1. The number of pyridine rings is 1. The molecule has 2 aliphatic rings. The zero-order chi connectivity index (χ0) is 25.6. The van der Waals surface area contributed by atoms with E-state index in [2.05, 4.69) is 9.97 Å². The predicted octanol–water partition coefficient (Wildman–Crippen LogP) is 5.93. The Bertz CT molecular complexity index is 1330. The summed E-state index contributed by atoms with van der Waals surface area (Å²) < 4.78 is 27.2. The van der Waals surface area contributed by atoms with Crippen molar-refractivity contribution in [3.05, 3.63) is 63.9 Å². The minimum absolute atomic E-state index is 0.183. The van der Waals surface area contributed by atoms with Crippen LogP contribution in [0.5, 0.6) is 11.6 Å². The highest BCUT2D eigenvalue weighted by atomic mass is 35.5. The predicted molar refractivity (Wildman–Crippen MR) is 132 cm³/mol. The highest BCUT2D eigenvalue weighted by molar-refractivity contribution is 6.33. The van der Waals surface area contributed by atoms with Gasteiger partial charge in [0.2, 0.25) is 5.88 Å². The molecule has 9 heteroatoms. The first-order valence-electron chi connectivity index (χ1n) is 12.0. The summed E-state index contributed by atoms with van der Waals surface area (Å²) in [5.74, 6) is -1.64. The molecule has 3 heterocycles. The molecule has 1 aliphatic heterocycles. The third kappa shape index (κ3) is 4.50. The van der Waals surface area contributed by atoms with Crippen molar-refractivity contribution in [2.75, 3.05) is 7.11 Å². The lowest BCUT2D eigenvalue weighted by Gasteiger charge is -2.29. The second kappa shape index (κ2) is 9.65. The van der Waals surface area contributed by atoms with Gasteiger partial charge in [-0.15, -0.1) is 0 Å². The lowest BCUT2D eigenvalue weighted by atomic mass is 9.82. The zero-order valence-electron chi connectivity index (χ0n) is 20.3. The standard InChI is InChI=1S/C27H27ClFN3O4/c1-13(27(33)34)23(15-4-5-15)17-8-6-16-7-9-21(36-26(16)24(17)29)20-12-31-25(14(2)32-20)18-10-22(35-3)30-11-19(18)28/h6,8,10-13,15,21,23H,4-5,7,9H2,1-3H3,(H,33,34)/t13-,21?,23-/m0/s1. The number of hydrogen-bond acceptors (Lipinski definition) is 6. The number of benzene rings is 1. The van der Waals surface area contributed by atoms with E-state index in [4.69, 9.17) is 26.1 Å². The van der Waals surface area contributed by atoms with Crippen molar-refractivity contribution < 1.29 is 23.8 Å². The smallest absolute Gasteiger partial charge is 0.306 e. The summed E-state index contributed by atoms with van der Waals surface area (Å²) in [5, 5.41) is 10.0. The fourth-order valence-corrected chi connectivity index (χ4v) is 5.25. The maximum Gasteiger partial charge on any atom is 0.306 e. The number of aryl methyl sites for hydroxylation is 2. The molecular formula is C27H27ClFN3O4. The van der Waals surface area contributed by atoms with Crippen molar-refractivity contribution in [2.24, 2.45) is 11.8 Å². The maximum absolute atomic E-state index is 15.8. The summed E-state index contributed by atoms with van der Waals surface area (Å²) in [7, 11) is 1.53. The largest absolute Gasteiger partial charge is 0.481 e. The van der Waals surface area contributed by atoms with Crippen LogP contribution in [0.2, 0.25) is 5.02 Å². The van der Waals surface area contributed by atoms with E-state index in [9.17, 15) is 9.90 Å². The number of fused-ring (bicyclic) bond motifs is 1. The average Bonchev–Trinajstić information content (AvgIpc) is 3.71. The molecule has 1 fully saturated rings. The summed E-state index contributed by atoms with van der Waals surface area (Å²) in [6.07, 6.45) is 5.74. The molecule has 3 aromatic rings. The van der Waals surface area contributed by atoms with E-state index in [0.717, 1.165) is 18.4 Å². The zero-order valence-corrected chi connectivity index (χ0v) is 21.1. The van der Waals surface area contributed by atoms with Gasteiger partial charge in [-0.05, 0) is 49.7 Å². The molecule has 0 amide bonds. The van der Waals surface area contributed by atoms with E-state index in [1.165, 1.54) is 13.3 Å². The summed E-state index contributed by atoms with van der Waals surface area (Å²) >= 11 is 6.34. The van der Waals surface area contributed by atoms with Crippen LogP contribution in [0.15, 0.2) is 30.6 Å². The number of ether oxygens (including phenoxy) is 2. The number of nitrogens with zero attached hydrogens (tertiary/aromatic N) is 3. The molecule has 36 heavy (non-hydrogen) atoms. The number of rotatable bonds is 7. The first-order valence-corrected chi connectivity index (χ1v) is 12.4. The van der Waals surface area contributed by atoms with Gasteiger partial charge in [-0.25, -0.2) is 9.37 Å². The molecule has 1 aliphatic carbocycles. The van der Waals surface area contributed by atoms with Gasteiger partial charge >= 0.3 is 5.97 Å². The Morgan fingerprint density at radius 3 is 2.69 bits per heavy atom. The number of halogens is 2. The van der Waals surface area contributed by atoms with Crippen molar-refractivity contribution >= 4 is 17.6 Å². The normalized spacial score (nSPS) is 18.6. The third-order valence-corrected chi connectivity index (χ3v) is 7.45. The van der Waals surface area contributed by atoms with Gasteiger partial charge in [0.1, 0.15) is 6.10 Å². The molecule has 1 saturated carbocycles. The third-order valence-electron chi connectivity index (χ3n) is 7.15. The van der Waals surface area contributed by atoms with E-state index in [1.807, 2.05) is 13.0 Å². The molecule has 188 valence electrons. The molecule has 1 unspecified atom stereocenters. The fourth-order valence-electron chi connectivity index (χ4n) is 5.06. The monoisotopic (exact) mass is 511 g/mol. The van der Waals surface area contributed by atoms with E-state index in [-0.39, 0.29) is 17.6 Å². The van der Waals surface area contributed by atoms with Gasteiger partial charge in [0.25, 0.3) is 0 Å². The molecular weight excluding hydrogens is 485 g/mol. The highest BCUT2D eigenvalue weighted by Gasteiger charge is 2.41. The van der Waals surface area contributed by atoms with Crippen LogP contribution in [0, 0.1) is 24.6 Å². The Kier molecular flexibility index (Phi) is 6.55. The minimum atomic E-state index is -0.916. The van der Waals surface area contributed by atoms with Crippen LogP contribution >= 0.6 is 11.6 Å². The van der Waals surface area contributed by atoms with Gasteiger partial charge in [-0.3, -0.25) is 14.8 Å². The van der Waals surface area contributed by atoms with Crippen molar-refractivity contribution in [1.82, 2.24) is 15.0 Å². The second-order valence-corrected chi connectivity index (χ2v) is 9.93. The summed E-state index contributed by atoms with van der Waals surface area (Å²) in [5.41, 5.74) is 3.71. The molecule has 1 aromatic carbocycles. The second-order valence-electron chi connectivity index (χ2n) is 9.53. The summed E-state index contributed by atoms with van der Waals surface area (Å²) in [4.78, 5) is 25.1. The molecule has 1 N–H and O–H groups in total. The van der Waals surface area contributed by atoms with Gasteiger partial charge in [-0.2, -0.15) is 0 Å². The quantitative estimate of drug-likeness (QED) is 0.420. The Morgan fingerprint density at radius 1 is 1.25 bits per heavy atom. The first kappa shape index (κ1) is 24.4. The van der Waals surface area contributed by atoms with Crippen LogP contribution in [0.1, 0.15) is 60.7 Å². The topological polar surface area (TPSA) is 94.4 Å². The van der Waals surface area contributed by atoms with Gasteiger partial charge in [0.15, 0.2) is 11.6 Å². The molecule has 2 aromatic heterocycles. The van der Waals surface area contributed by atoms with Crippen LogP contribution in [-0.2, 0) is 11.2 Å². The van der Waals surface area contributed by atoms with Gasteiger partial charge in [0.05, 0.1) is 47.5 Å². The lowest BCUT2D eigenvalue weighted by molar-refractivity contribution is -0.142. The Balaban J connectivity index is 1.44. The Morgan fingerprint density at radius 2 is 2.03 bits per heavy atom. The first-order chi connectivity index (χ1) is 17.3. The number of carbonyl (C=O) groups is 1. The van der Waals surface area contributed by atoms with Crippen LogP contribution < -0.4 is 9.47 Å². The molecule has 0 radical (unpaired) electrons. The fraction of sp³-hybridized carbons (Fsp3) is 0.407. The molecule has 0 saturated heterocycles. The SMILES string of the molecule is COc1cc(-c2ncc(C3CCc4ccc([C@H](C5CC5)[C@H](C)C(=O)O)c(F)c4O3)nc2C)c(Cl)cn1. The summed E-state index contributed by atoms with van der Waals surface area (Å²) in [6.45, 7) is 3.48.